The minimum Gasteiger partial charge on any atom is -0.348 e. The van der Waals surface area contributed by atoms with E-state index in [-0.39, 0.29) is 0 Å². The number of aromatic nitrogens is 2. The van der Waals surface area contributed by atoms with Crippen molar-refractivity contribution in [3.05, 3.63) is 53.6 Å². The Balaban J connectivity index is 1.62. The maximum Gasteiger partial charge on any atom is 0.109 e. The van der Waals surface area contributed by atoms with Crippen LogP contribution in [0.2, 0.25) is 0 Å². The van der Waals surface area contributed by atoms with Crippen molar-refractivity contribution >= 4 is 0 Å². The molecule has 1 N–H and O–H groups in total. The molecule has 0 aliphatic heterocycles. The summed E-state index contributed by atoms with van der Waals surface area (Å²) in [4.78, 5) is 7.74. The fourth-order valence-electron chi connectivity index (χ4n) is 4.35. The van der Waals surface area contributed by atoms with E-state index in [1.165, 1.54) is 88.2 Å². The van der Waals surface area contributed by atoms with Crippen molar-refractivity contribution in [2.75, 3.05) is 0 Å². The van der Waals surface area contributed by atoms with Crippen molar-refractivity contribution < 1.29 is 0 Å². The van der Waals surface area contributed by atoms with Gasteiger partial charge in [0.15, 0.2) is 0 Å². The van der Waals surface area contributed by atoms with E-state index in [9.17, 15) is 0 Å². The van der Waals surface area contributed by atoms with Crippen LogP contribution in [0.5, 0.6) is 0 Å². The molecule has 0 aliphatic carbocycles. The fraction of sp³-hybridized carbons (Fsp3) is 0.667. The summed E-state index contributed by atoms with van der Waals surface area (Å²) in [5.41, 5.74) is 3.01. The highest BCUT2D eigenvalue weighted by molar-refractivity contribution is 5.25. The van der Waals surface area contributed by atoms with Crippen molar-refractivity contribution in [3.8, 4) is 0 Å². The Labute approximate surface area is 179 Å². The number of hydrogen-bond acceptors (Lipinski definition) is 1. The van der Waals surface area contributed by atoms with Crippen molar-refractivity contribution in [1.29, 1.82) is 0 Å². The molecule has 0 saturated carbocycles. The summed E-state index contributed by atoms with van der Waals surface area (Å²) in [5, 5.41) is 0. The molecule has 1 aromatic heterocycles. The Hall–Kier alpha value is -1.57. The number of benzene rings is 1. The molecule has 1 aromatic carbocycles. The average Bonchev–Trinajstić information content (AvgIpc) is 3.28. The molecule has 2 nitrogen and oxygen atoms in total. The zero-order valence-electron chi connectivity index (χ0n) is 19.3. The van der Waals surface area contributed by atoms with E-state index in [1.807, 2.05) is 12.4 Å². The maximum atomic E-state index is 4.45. The van der Waals surface area contributed by atoms with E-state index in [0.717, 1.165) is 12.2 Å². The van der Waals surface area contributed by atoms with Gasteiger partial charge in [-0.25, -0.2) is 4.98 Å². The number of unbranched alkanes of at least 4 members (excludes halogenated alkanes) is 7. The van der Waals surface area contributed by atoms with Crippen molar-refractivity contribution in [2.45, 2.75) is 116 Å². The summed E-state index contributed by atoms with van der Waals surface area (Å²) in [6.07, 6.45) is 21.1. The van der Waals surface area contributed by atoms with E-state index in [1.54, 1.807) is 0 Å². The van der Waals surface area contributed by atoms with E-state index in [4.69, 9.17) is 0 Å². The normalized spacial score (nSPS) is 13.5. The minimum absolute atomic E-state index is 0.575. The van der Waals surface area contributed by atoms with Crippen LogP contribution >= 0.6 is 0 Å². The van der Waals surface area contributed by atoms with E-state index in [2.05, 4.69) is 55.0 Å². The third-order valence-corrected chi connectivity index (χ3v) is 6.46. The first kappa shape index (κ1) is 23.7. The van der Waals surface area contributed by atoms with Crippen LogP contribution < -0.4 is 0 Å². The average molecular weight is 397 g/mol. The molecule has 2 unspecified atom stereocenters. The second-order valence-corrected chi connectivity index (χ2v) is 8.88. The van der Waals surface area contributed by atoms with Crippen LogP contribution in [0.15, 0.2) is 36.7 Å². The summed E-state index contributed by atoms with van der Waals surface area (Å²) in [5.74, 6) is 2.37. The highest BCUT2D eigenvalue weighted by Gasteiger charge is 2.13. The highest BCUT2D eigenvalue weighted by Crippen LogP contribution is 2.27. The zero-order valence-corrected chi connectivity index (χ0v) is 19.3. The van der Waals surface area contributed by atoms with Gasteiger partial charge >= 0.3 is 0 Å². The number of nitrogens with zero attached hydrogens (tertiary/aromatic N) is 1. The van der Waals surface area contributed by atoms with Gasteiger partial charge in [0, 0.05) is 18.3 Å². The van der Waals surface area contributed by atoms with Gasteiger partial charge in [-0.3, -0.25) is 0 Å². The van der Waals surface area contributed by atoms with Gasteiger partial charge in [0.2, 0.25) is 0 Å². The van der Waals surface area contributed by atoms with Crippen LogP contribution in [-0.4, -0.2) is 9.97 Å². The lowest BCUT2D eigenvalue weighted by molar-refractivity contribution is 0.514. The standard InChI is InChI=1S/C27H44N2/c1-4-6-7-8-9-10-11-12-15-24-17-19-26(20-18-24)23(3)14-13-16-25(5-2)27-28-21-22-29-27/h17-23,25H,4-16H2,1-3H3,(H,28,29). The summed E-state index contributed by atoms with van der Waals surface area (Å²) in [6, 6.07) is 9.47. The molecule has 0 radical (unpaired) electrons. The Morgan fingerprint density at radius 3 is 2.14 bits per heavy atom. The number of aromatic amines is 1. The zero-order chi connectivity index (χ0) is 20.7. The van der Waals surface area contributed by atoms with Gasteiger partial charge in [-0.15, -0.1) is 0 Å². The van der Waals surface area contributed by atoms with Gasteiger partial charge in [-0.05, 0) is 49.1 Å². The lowest BCUT2D eigenvalue weighted by Crippen LogP contribution is -2.01. The Bertz CT molecular complexity index is 614. The third-order valence-electron chi connectivity index (χ3n) is 6.46. The lowest BCUT2D eigenvalue weighted by atomic mass is 9.91. The highest BCUT2D eigenvalue weighted by atomic mass is 14.9. The number of nitrogens with one attached hydrogen (secondary N) is 1. The van der Waals surface area contributed by atoms with Gasteiger partial charge in [0.25, 0.3) is 0 Å². The van der Waals surface area contributed by atoms with Crippen molar-refractivity contribution in [1.82, 2.24) is 9.97 Å². The molecular formula is C27H44N2. The van der Waals surface area contributed by atoms with Crippen LogP contribution in [-0.2, 0) is 6.42 Å². The van der Waals surface area contributed by atoms with Crippen LogP contribution in [0, 0.1) is 0 Å². The van der Waals surface area contributed by atoms with Crippen molar-refractivity contribution in [2.24, 2.45) is 0 Å². The molecule has 0 saturated heterocycles. The Kier molecular flexibility index (Phi) is 11.8. The predicted molar refractivity (Wildman–Crippen MR) is 127 cm³/mol. The van der Waals surface area contributed by atoms with Crippen LogP contribution in [0.4, 0.5) is 0 Å². The van der Waals surface area contributed by atoms with E-state index < -0.39 is 0 Å². The quantitative estimate of drug-likeness (QED) is 0.283. The second-order valence-electron chi connectivity index (χ2n) is 8.88. The molecule has 2 rings (SSSR count). The SMILES string of the molecule is CCCCCCCCCCc1ccc(C(C)CCCC(CC)c2ncc[nH]2)cc1. The molecular weight excluding hydrogens is 352 g/mol. The molecule has 0 spiro atoms. The van der Waals surface area contributed by atoms with Crippen LogP contribution in [0.1, 0.15) is 127 Å². The molecule has 2 atom stereocenters. The van der Waals surface area contributed by atoms with E-state index >= 15 is 0 Å². The number of imidazole rings is 1. The van der Waals surface area contributed by atoms with Crippen LogP contribution in [0.3, 0.4) is 0 Å². The smallest absolute Gasteiger partial charge is 0.109 e. The summed E-state index contributed by atoms with van der Waals surface area (Å²) < 4.78 is 0. The van der Waals surface area contributed by atoms with Gasteiger partial charge in [-0.1, -0.05) is 96.4 Å². The number of hydrogen-bond donors (Lipinski definition) is 1. The predicted octanol–water partition coefficient (Wildman–Crippen LogP) is 8.56. The molecule has 2 heteroatoms. The molecule has 0 aliphatic rings. The number of rotatable bonds is 16. The fourth-order valence-corrected chi connectivity index (χ4v) is 4.35. The maximum absolute atomic E-state index is 4.45. The first-order valence-corrected chi connectivity index (χ1v) is 12.3. The summed E-state index contributed by atoms with van der Waals surface area (Å²) in [7, 11) is 0. The molecule has 0 bridgehead atoms. The first-order valence-electron chi connectivity index (χ1n) is 12.3. The van der Waals surface area contributed by atoms with Gasteiger partial charge in [0.1, 0.15) is 5.82 Å². The molecule has 162 valence electrons. The van der Waals surface area contributed by atoms with E-state index in [0.29, 0.717) is 11.8 Å². The van der Waals surface area contributed by atoms with Crippen LogP contribution in [0.25, 0.3) is 0 Å². The summed E-state index contributed by atoms with van der Waals surface area (Å²) in [6.45, 7) is 6.93. The number of H-pyrrole nitrogens is 1. The number of aryl methyl sites for hydroxylation is 1. The molecule has 29 heavy (non-hydrogen) atoms. The summed E-state index contributed by atoms with van der Waals surface area (Å²) >= 11 is 0. The van der Waals surface area contributed by atoms with Gasteiger partial charge in [0.05, 0.1) is 0 Å². The first-order chi connectivity index (χ1) is 14.2. The van der Waals surface area contributed by atoms with Gasteiger partial charge < -0.3 is 4.98 Å². The molecule has 0 amide bonds. The Morgan fingerprint density at radius 2 is 1.52 bits per heavy atom. The van der Waals surface area contributed by atoms with Crippen molar-refractivity contribution in [3.63, 3.8) is 0 Å². The van der Waals surface area contributed by atoms with Gasteiger partial charge in [-0.2, -0.15) is 0 Å². The Morgan fingerprint density at radius 1 is 0.828 bits per heavy atom. The third kappa shape index (κ3) is 9.19. The minimum atomic E-state index is 0.575. The molecule has 1 heterocycles. The second kappa shape index (κ2) is 14.4. The molecule has 0 fully saturated rings. The monoisotopic (exact) mass is 396 g/mol. The largest absolute Gasteiger partial charge is 0.348 e. The lowest BCUT2D eigenvalue weighted by Gasteiger charge is -2.16. The molecule has 2 aromatic rings. The topological polar surface area (TPSA) is 28.7 Å².